The molecule has 3 rings (SSSR count). The van der Waals surface area contributed by atoms with Gasteiger partial charge >= 0.3 is 5.97 Å². The van der Waals surface area contributed by atoms with E-state index >= 15 is 0 Å². The molecule has 2 aromatic rings. The Morgan fingerprint density at radius 1 is 1.45 bits per heavy atom. The monoisotopic (exact) mass is 273 g/mol. The number of ether oxygens (including phenoxy) is 1. The van der Waals surface area contributed by atoms with Crippen molar-refractivity contribution in [3.63, 3.8) is 0 Å². The molecule has 0 radical (unpaired) electrons. The zero-order valence-electron chi connectivity index (χ0n) is 11.4. The summed E-state index contributed by atoms with van der Waals surface area (Å²) in [4.78, 5) is 28.1. The van der Waals surface area contributed by atoms with Gasteiger partial charge in [0, 0.05) is 12.6 Å². The zero-order valence-corrected chi connectivity index (χ0v) is 11.4. The molecule has 2 heterocycles. The summed E-state index contributed by atoms with van der Waals surface area (Å²) < 4.78 is 6.57. The highest BCUT2D eigenvalue weighted by molar-refractivity contribution is 5.99. The number of carbonyl (C=O) groups is 2. The van der Waals surface area contributed by atoms with Gasteiger partial charge in [-0.3, -0.25) is 4.79 Å². The molecule has 0 saturated carbocycles. The van der Waals surface area contributed by atoms with E-state index in [4.69, 9.17) is 4.74 Å². The zero-order chi connectivity index (χ0) is 14.3. The number of ketones is 1. The quantitative estimate of drug-likeness (QED) is 0.778. The molecule has 20 heavy (non-hydrogen) atoms. The van der Waals surface area contributed by atoms with Crippen LogP contribution >= 0.6 is 0 Å². The summed E-state index contributed by atoms with van der Waals surface area (Å²) in [6.07, 6.45) is 4.28. The molecule has 0 amide bonds. The van der Waals surface area contributed by atoms with Crippen LogP contribution in [0, 0.1) is 5.92 Å². The SMILES string of the molecule is CCOC(=O)c1cnn2c3c(cnc12)C(=O)CC(C)C3. The molecule has 0 bridgehead atoms. The number of esters is 1. The highest BCUT2D eigenvalue weighted by atomic mass is 16.5. The van der Waals surface area contributed by atoms with Crippen molar-refractivity contribution in [2.75, 3.05) is 6.61 Å². The van der Waals surface area contributed by atoms with Crippen LogP contribution in [0.3, 0.4) is 0 Å². The Morgan fingerprint density at radius 3 is 3.00 bits per heavy atom. The summed E-state index contributed by atoms with van der Waals surface area (Å²) in [5, 5.41) is 4.21. The minimum atomic E-state index is -0.440. The van der Waals surface area contributed by atoms with Crippen LogP contribution in [0.2, 0.25) is 0 Å². The minimum absolute atomic E-state index is 0.0846. The molecule has 0 aromatic carbocycles. The normalized spacial score (nSPS) is 18.1. The van der Waals surface area contributed by atoms with Crippen molar-refractivity contribution < 1.29 is 14.3 Å². The fraction of sp³-hybridized carbons (Fsp3) is 0.429. The van der Waals surface area contributed by atoms with E-state index in [1.165, 1.54) is 6.20 Å². The summed E-state index contributed by atoms with van der Waals surface area (Å²) in [6.45, 7) is 4.08. The lowest BCUT2D eigenvalue weighted by Gasteiger charge is -2.20. The van der Waals surface area contributed by atoms with E-state index in [1.54, 1.807) is 17.6 Å². The average Bonchev–Trinajstić information content (AvgIpc) is 2.83. The maximum Gasteiger partial charge on any atom is 0.343 e. The summed E-state index contributed by atoms with van der Waals surface area (Å²) in [5.41, 5.74) is 2.22. The van der Waals surface area contributed by atoms with E-state index in [0.717, 1.165) is 12.1 Å². The second-order valence-corrected chi connectivity index (χ2v) is 5.07. The summed E-state index contributed by atoms with van der Waals surface area (Å²) in [5.74, 6) is -0.0812. The molecule has 6 nitrogen and oxygen atoms in total. The van der Waals surface area contributed by atoms with Gasteiger partial charge in [-0.05, 0) is 19.3 Å². The van der Waals surface area contributed by atoms with Gasteiger partial charge in [0.05, 0.1) is 24.1 Å². The summed E-state index contributed by atoms with van der Waals surface area (Å²) in [6, 6.07) is 0. The molecule has 0 spiro atoms. The van der Waals surface area contributed by atoms with E-state index in [2.05, 4.69) is 10.1 Å². The molecule has 0 aliphatic heterocycles. The van der Waals surface area contributed by atoms with Crippen LogP contribution in [-0.4, -0.2) is 33.0 Å². The van der Waals surface area contributed by atoms with Crippen LogP contribution in [-0.2, 0) is 11.2 Å². The van der Waals surface area contributed by atoms with Gasteiger partial charge in [0.1, 0.15) is 5.56 Å². The maximum absolute atomic E-state index is 12.0. The van der Waals surface area contributed by atoms with Gasteiger partial charge in [-0.2, -0.15) is 5.10 Å². The van der Waals surface area contributed by atoms with Crippen LogP contribution in [0.4, 0.5) is 0 Å². The number of fused-ring (bicyclic) bond motifs is 3. The molecule has 104 valence electrons. The third kappa shape index (κ3) is 1.88. The van der Waals surface area contributed by atoms with Crippen molar-refractivity contribution >= 4 is 17.4 Å². The largest absolute Gasteiger partial charge is 0.462 e. The second kappa shape index (κ2) is 4.70. The Bertz CT molecular complexity index is 705. The number of hydrogen-bond donors (Lipinski definition) is 0. The van der Waals surface area contributed by atoms with Crippen molar-refractivity contribution in [1.29, 1.82) is 0 Å². The lowest BCUT2D eigenvalue weighted by atomic mass is 9.88. The number of nitrogens with zero attached hydrogens (tertiary/aromatic N) is 3. The number of rotatable bonds is 2. The van der Waals surface area contributed by atoms with Gasteiger partial charge in [0.15, 0.2) is 11.4 Å². The van der Waals surface area contributed by atoms with Gasteiger partial charge in [0.2, 0.25) is 0 Å². The molecule has 6 heteroatoms. The van der Waals surface area contributed by atoms with Gasteiger partial charge < -0.3 is 4.74 Å². The first-order valence-electron chi connectivity index (χ1n) is 6.67. The summed E-state index contributed by atoms with van der Waals surface area (Å²) >= 11 is 0. The first kappa shape index (κ1) is 12.8. The molecule has 0 N–H and O–H groups in total. The van der Waals surface area contributed by atoms with E-state index in [-0.39, 0.29) is 11.7 Å². The number of carbonyl (C=O) groups excluding carboxylic acids is 2. The smallest absolute Gasteiger partial charge is 0.343 e. The van der Waals surface area contributed by atoms with Gasteiger partial charge in [-0.25, -0.2) is 14.3 Å². The standard InChI is InChI=1S/C14H15N3O3/c1-3-20-14(19)10-7-16-17-11-4-8(2)5-12(18)9(11)6-15-13(10)17/h6-8H,3-5H2,1-2H3. The van der Waals surface area contributed by atoms with Crippen molar-refractivity contribution in [2.24, 2.45) is 5.92 Å². The molecule has 1 unspecified atom stereocenters. The van der Waals surface area contributed by atoms with Crippen molar-refractivity contribution in [3.8, 4) is 0 Å². The van der Waals surface area contributed by atoms with E-state index in [9.17, 15) is 9.59 Å². The Balaban J connectivity index is 2.16. The fourth-order valence-electron chi connectivity index (χ4n) is 2.59. The van der Waals surface area contributed by atoms with Gasteiger partial charge in [0.25, 0.3) is 0 Å². The molecule has 0 saturated heterocycles. The lowest BCUT2D eigenvalue weighted by molar-refractivity contribution is 0.0528. The van der Waals surface area contributed by atoms with E-state index in [1.807, 2.05) is 6.92 Å². The Hall–Kier alpha value is -2.24. The van der Waals surface area contributed by atoms with Gasteiger partial charge in [-0.15, -0.1) is 0 Å². The molecule has 2 aromatic heterocycles. The van der Waals surface area contributed by atoms with Crippen LogP contribution in [0.25, 0.3) is 5.65 Å². The molecule has 1 aliphatic rings. The number of aromatic nitrogens is 3. The van der Waals surface area contributed by atoms with Crippen LogP contribution in [0.15, 0.2) is 12.4 Å². The fourth-order valence-corrected chi connectivity index (χ4v) is 2.59. The molecule has 0 fully saturated rings. The lowest BCUT2D eigenvalue weighted by Crippen LogP contribution is -2.22. The maximum atomic E-state index is 12.0. The predicted octanol–water partition coefficient (Wildman–Crippen LogP) is 1.67. The van der Waals surface area contributed by atoms with Gasteiger partial charge in [-0.1, -0.05) is 6.92 Å². The summed E-state index contributed by atoms with van der Waals surface area (Å²) in [7, 11) is 0. The number of Topliss-reactive ketones (excluding diaryl/α,β-unsaturated/α-hetero) is 1. The third-order valence-corrected chi connectivity index (χ3v) is 3.50. The molecule has 1 atom stereocenters. The van der Waals surface area contributed by atoms with Crippen LogP contribution in [0.5, 0.6) is 0 Å². The Morgan fingerprint density at radius 2 is 2.25 bits per heavy atom. The highest BCUT2D eigenvalue weighted by Gasteiger charge is 2.27. The Labute approximate surface area is 115 Å². The third-order valence-electron chi connectivity index (χ3n) is 3.50. The van der Waals surface area contributed by atoms with Crippen LogP contribution in [0.1, 0.15) is 46.7 Å². The topological polar surface area (TPSA) is 73.6 Å². The number of hydrogen-bond acceptors (Lipinski definition) is 5. The highest BCUT2D eigenvalue weighted by Crippen LogP contribution is 2.26. The van der Waals surface area contributed by atoms with Crippen molar-refractivity contribution in [1.82, 2.24) is 14.6 Å². The predicted molar refractivity (Wildman–Crippen MR) is 70.8 cm³/mol. The first-order chi connectivity index (χ1) is 9.61. The van der Waals surface area contributed by atoms with Crippen LogP contribution < -0.4 is 0 Å². The second-order valence-electron chi connectivity index (χ2n) is 5.07. The average molecular weight is 273 g/mol. The minimum Gasteiger partial charge on any atom is -0.462 e. The van der Waals surface area contributed by atoms with Crippen molar-refractivity contribution in [3.05, 3.63) is 29.2 Å². The first-order valence-corrected chi connectivity index (χ1v) is 6.67. The van der Waals surface area contributed by atoms with Crippen molar-refractivity contribution in [2.45, 2.75) is 26.7 Å². The molecule has 1 aliphatic carbocycles. The van der Waals surface area contributed by atoms with E-state index in [0.29, 0.717) is 29.8 Å². The molecular formula is C14H15N3O3. The molecular weight excluding hydrogens is 258 g/mol. The Kier molecular flexibility index (Phi) is 3.00. The van der Waals surface area contributed by atoms with E-state index < -0.39 is 5.97 Å².